The number of rotatable bonds is 11. The summed E-state index contributed by atoms with van der Waals surface area (Å²) in [6, 6.07) is 14.4. The molecule has 10 heteroatoms. The fourth-order valence-electron chi connectivity index (χ4n) is 2.94. The molecule has 0 atom stereocenters. The Hall–Kier alpha value is -3.53. The van der Waals surface area contributed by atoms with Gasteiger partial charge in [-0.2, -0.15) is 0 Å². The van der Waals surface area contributed by atoms with Crippen LogP contribution in [0.3, 0.4) is 0 Å². The highest BCUT2D eigenvalue weighted by molar-refractivity contribution is 7.99. The zero-order chi connectivity index (χ0) is 23.6. The number of carbonyl (C=O) groups excluding carboxylic acids is 2. The van der Waals surface area contributed by atoms with Crippen LogP contribution in [0.4, 0.5) is 11.4 Å². The number of nitrogens with zero attached hydrogens (tertiary/aromatic N) is 3. The van der Waals surface area contributed by atoms with Crippen LogP contribution in [-0.2, 0) is 23.1 Å². The number of benzene rings is 2. The van der Waals surface area contributed by atoms with Gasteiger partial charge < -0.3 is 24.7 Å². The first-order valence-corrected chi connectivity index (χ1v) is 11.5. The van der Waals surface area contributed by atoms with Crippen LogP contribution < -0.4 is 20.1 Å². The first-order valence-electron chi connectivity index (χ1n) is 10.6. The Labute approximate surface area is 196 Å². The zero-order valence-electron chi connectivity index (χ0n) is 18.8. The second kappa shape index (κ2) is 11.9. The lowest BCUT2D eigenvalue weighted by atomic mass is 10.3. The summed E-state index contributed by atoms with van der Waals surface area (Å²) < 4.78 is 12.6. The van der Waals surface area contributed by atoms with Crippen LogP contribution in [-0.4, -0.2) is 45.5 Å². The number of carbonyl (C=O) groups is 2. The highest BCUT2D eigenvalue weighted by Gasteiger charge is 2.15. The van der Waals surface area contributed by atoms with Gasteiger partial charge in [-0.25, -0.2) is 0 Å². The summed E-state index contributed by atoms with van der Waals surface area (Å²) in [4.78, 5) is 24.8. The van der Waals surface area contributed by atoms with Crippen molar-refractivity contribution in [3.63, 3.8) is 0 Å². The van der Waals surface area contributed by atoms with E-state index in [-0.39, 0.29) is 24.0 Å². The van der Waals surface area contributed by atoms with Crippen LogP contribution in [0, 0.1) is 0 Å². The van der Waals surface area contributed by atoms with E-state index in [1.807, 2.05) is 26.0 Å². The number of hydrogen-bond acceptors (Lipinski definition) is 7. The van der Waals surface area contributed by atoms with Crippen LogP contribution in [0.15, 0.2) is 53.7 Å². The summed E-state index contributed by atoms with van der Waals surface area (Å²) in [6.07, 6.45) is 0.0607. The second-order valence-electron chi connectivity index (χ2n) is 6.91. The molecule has 0 aliphatic heterocycles. The van der Waals surface area contributed by atoms with E-state index in [2.05, 4.69) is 20.8 Å². The van der Waals surface area contributed by atoms with Crippen molar-refractivity contribution in [2.45, 2.75) is 25.4 Å². The van der Waals surface area contributed by atoms with Gasteiger partial charge in [-0.1, -0.05) is 23.9 Å². The lowest BCUT2D eigenvalue weighted by Gasteiger charge is -2.11. The standard InChI is InChI=1S/C23H27N5O4S/c1-4-31-17-12-10-16(11-13-17)24-21(29)14-20-26-27-23(28(20)3)33-15-22(30)25-18-8-6-7-9-19(18)32-5-2/h6-13H,4-5,14-15H2,1-3H3,(H,24,29)(H,25,30). The van der Waals surface area contributed by atoms with Crippen LogP contribution in [0.5, 0.6) is 11.5 Å². The van der Waals surface area contributed by atoms with E-state index in [0.29, 0.717) is 41.3 Å². The number of nitrogens with one attached hydrogen (secondary N) is 2. The fourth-order valence-corrected chi connectivity index (χ4v) is 3.67. The molecule has 0 unspecified atom stereocenters. The van der Waals surface area contributed by atoms with Crippen molar-refractivity contribution in [1.82, 2.24) is 14.8 Å². The molecule has 3 aromatic rings. The molecule has 0 spiro atoms. The lowest BCUT2D eigenvalue weighted by Crippen LogP contribution is -2.17. The van der Waals surface area contributed by atoms with Crippen molar-refractivity contribution in [2.75, 3.05) is 29.6 Å². The van der Waals surface area contributed by atoms with Crippen molar-refractivity contribution in [1.29, 1.82) is 0 Å². The zero-order valence-corrected chi connectivity index (χ0v) is 19.6. The summed E-state index contributed by atoms with van der Waals surface area (Å²) in [6.45, 7) is 4.89. The molecule has 0 fully saturated rings. The van der Waals surface area contributed by atoms with E-state index in [1.54, 1.807) is 48.0 Å². The van der Waals surface area contributed by atoms with Gasteiger partial charge in [-0.15, -0.1) is 10.2 Å². The largest absolute Gasteiger partial charge is 0.494 e. The molecular weight excluding hydrogens is 442 g/mol. The molecule has 0 radical (unpaired) electrons. The maximum absolute atomic E-state index is 12.4. The molecule has 1 aromatic heterocycles. The van der Waals surface area contributed by atoms with Gasteiger partial charge in [0, 0.05) is 12.7 Å². The van der Waals surface area contributed by atoms with Crippen LogP contribution in [0.25, 0.3) is 0 Å². The van der Waals surface area contributed by atoms with Gasteiger partial charge >= 0.3 is 0 Å². The van der Waals surface area contributed by atoms with Gasteiger partial charge in [0.15, 0.2) is 5.16 Å². The van der Waals surface area contributed by atoms with E-state index < -0.39 is 0 Å². The predicted molar refractivity (Wildman–Crippen MR) is 128 cm³/mol. The second-order valence-corrected chi connectivity index (χ2v) is 7.85. The number of ether oxygens (including phenoxy) is 2. The highest BCUT2D eigenvalue weighted by atomic mass is 32.2. The number of para-hydroxylation sites is 2. The van der Waals surface area contributed by atoms with Crippen LogP contribution in [0.1, 0.15) is 19.7 Å². The average molecular weight is 470 g/mol. The molecule has 0 bridgehead atoms. The molecule has 3 rings (SSSR count). The van der Waals surface area contributed by atoms with Crippen LogP contribution >= 0.6 is 11.8 Å². The minimum Gasteiger partial charge on any atom is -0.494 e. The third-order valence-corrected chi connectivity index (χ3v) is 5.51. The molecule has 2 aromatic carbocycles. The Morgan fingerprint density at radius 2 is 1.67 bits per heavy atom. The van der Waals surface area contributed by atoms with E-state index in [0.717, 1.165) is 5.75 Å². The summed E-state index contributed by atoms with van der Waals surface area (Å²) >= 11 is 1.24. The number of thioether (sulfide) groups is 1. The van der Waals surface area contributed by atoms with Gasteiger partial charge in [-0.3, -0.25) is 9.59 Å². The number of hydrogen-bond donors (Lipinski definition) is 2. The molecule has 0 aliphatic rings. The normalized spacial score (nSPS) is 10.5. The van der Waals surface area contributed by atoms with Crippen molar-refractivity contribution < 1.29 is 19.1 Å². The smallest absolute Gasteiger partial charge is 0.234 e. The Balaban J connectivity index is 1.52. The summed E-state index contributed by atoms with van der Waals surface area (Å²) in [5.41, 5.74) is 1.29. The Kier molecular flexibility index (Phi) is 8.71. The van der Waals surface area contributed by atoms with E-state index >= 15 is 0 Å². The fraction of sp³-hybridized carbons (Fsp3) is 0.304. The van der Waals surface area contributed by atoms with Crippen molar-refractivity contribution in [3.05, 3.63) is 54.4 Å². The summed E-state index contributed by atoms with van der Waals surface area (Å²) in [5, 5.41) is 14.4. The Bertz CT molecular complexity index is 1080. The average Bonchev–Trinajstić information content (AvgIpc) is 3.14. The topological polar surface area (TPSA) is 107 Å². The van der Waals surface area contributed by atoms with Crippen molar-refractivity contribution in [3.8, 4) is 11.5 Å². The van der Waals surface area contributed by atoms with Crippen molar-refractivity contribution >= 4 is 35.0 Å². The SMILES string of the molecule is CCOc1ccc(NC(=O)Cc2nnc(SCC(=O)Nc3ccccc3OCC)n2C)cc1. The molecule has 0 aliphatic carbocycles. The number of anilines is 2. The minimum atomic E-state index is -0.212. The molecule has 0 saturated heterocycles. The van der Waals surface area contributed by atoms with Crippen molar-refractivity contribution in [2.24, 2.45) is 7.05 Å². The van der Waals surface area contributed by atoms with Crippen LogP contribution in [0.2, 0.25) is 0 Å². The molecule has 2 amide bonds. The molecular formula is C23H27N5O4S. The van der Waals surface area contributed by atoms with Gasteiger partial charge in [0.2, 0.25) is 11.8 Å². The number of aromatic nitrogens is 3. The van der Waals surface area contributed by atoms with Gasteiger partial charge in [0.1, 0.15) is 17.3 Å². The maximum atomic E-state index is 12.4. The molecule has 1 heterocycles. The van der Waals surface area contributed by atoms with Gasteiger partial charge in [-0.05, 0) is 50.2 Å². The quantitative estimate of drug-likeness (QED) is 0.414. The molecule has 174 valence electrons. The molecule has 33 heavy (non-hydrogen) atoms. The monoisotopic (exact) mass is 469 g/mol. The van der Waals surface area contributed by atoms with E-state index in [4.69, 9.17) is 9.47 Å². The maximum Gasteiger partial charge on any atom is 0.234 e. The van der Waals surface area contributed by atoms with E-state index in [9.17, 15) is 9.59 Å². The Morgan fingerprint density at radius 3 is 2.39 bits per heavy atom. The molecule has 9 nitrogen and oxygen atoms in total. The summed E-state index contributed by atoms with van der Waals surface area (Å²) in [5.74, 6) is 1.61. The number of amides is 2. The first kappa shape index (κ1) is 24.1. The molecule has 0 saturated carbocycles. The third kappa shape index (κ3) is 6.98. The first-order chi connectivity index (χ1) is 16.0. The summed E-state index contributed by atoms with van der Waals surface area (Å²) in [7, 11) is 1.77. The van der Waals surface area contributed by atoms with E-state index in [1.165, 1.54) is 11.8 Å². The third-order valence-electron chi connectivity index (χ3n) is 4.49. The lowest BCUT2D eigenvalue weighted by molar-refractivity contribution is -0.116. The molecule has 2 N–H and O–H groups in total. The highest BCUT2D eigenvalue weighted by Crippen LogP contribution is 2.24. The van der Waals surface area contributed by atoms with Gasteiger partial charge in [0.25, 0.3) is 0 Å². The minimum absolute atomic E-state index is 0.0607. The van der Waals surface area contributed by atoms with Gasteiger partial charge in [0.05, 0.1) is 31.1 Å². The predicted octanol–water partition coefficient (Wildman–Crippen LogP) is 3.52. The Morgan fingerprint density at radius 1 is 0.939 bits per heavy atom.